The first kappa shape index (κ1) is 36.5. The molecule has 0 unspecified atom stereocenters. The molecule has 1 atom stereocenters. The number of hydrogen-bond acceptors (Lipinski definition) is 5. The molecule has 0 bridgehead atoms. The van der Waals surface area contributed by atoms with E-state index in [4.69, 9.17) is 11.6 Å². The number of carbonyl (C=O) groups excluding carboxylic acids is 1. The number of rotatable bonds is 10. The molecule has 2 N–H and O–H groups in total. The van der Waals surface area contributed by atoms with Crippen molar-refractivity contribution in [2.75, 3.05) is 6.54 Å². The maximum absolute atomic E-state index is 13.9. The number of halogens is 1. The molecule has 262 valence electrons. The van der Waals surface area contributed by atoms with E-state index in [1.165, 1.54) is 11.1 Å². The molecule has 8 nitrogen and oxygen atoms in total. The molecule has 0 saturated carbocycles. The number of carboxylic acids is 2. The summed E-state index contributed by atoms with van der Waals surface area (Å²) >= 11 is 6.46. The molecule has 0 aromatic heterocycles. The van der Waals surface area contributed by atoms with Gasteiger partial charge < -0.3 is 20.3 Å². The van der Waals surface area contributed by atoms with Gasteiger partial charge in [0.1, 0.15) is 6.04 Å². The SMILES string of the molecule is O=C(O)CC[C@H](N=C(c1ccccc1)c1cc(Cl)ccc1[N-]C(=O)CN1Cc2ccc3ccccc3c2-c2c(ccc3ccccc23)C1)C(=O)O.[Ni+2]. The number of amides is 1. The van der Waals surface area contributed by atoms with Crippen molar-refractivity contribution in [1.82, 2.24) is 4.90 Å². The number of aliphatic imine (C=N–C) groups is 1. The Morgan fingerprint density at radius 3 is 1.90 bits per heavy atom. The van der Waals surface area contributed by atoms with Crippen LogP contribution in [0, 0.1) is 0 Å². The fraction of sp³-hybridized carbons (Fsp3) is 0.143. The summed E-state index contributed by atoms with van der Waals surface area (Å²) in [5.41, 5.74) is 6.05. The zero-order valence-corrected chi connectivity index (χ0v) is 29.6. The van der Waals surface area contributed by atoms with Gasteiger partial charge in [0.25, 0.3) is 0 Å². The second-order valence-corrected chi connectivity index (χ2v) is 13.0. The first-order chi connectivity index (χ1) is 24.7. The average molecular weight is 754 g/mol. The van der Waals surface area contributed by atoms with E-state index in [1.807, 2.05) is 18.2 Å². The molecular formula is C42H33ClN3NiO5+. The smallest absolute Gasteiger partial charge is 0.625 e. The topological polar surface area (TPSA) is 121 Å². The Balaban J connectivity index is 0.00000464. The Labute approximate surface area is 315 Å². The molecule has 6 aromatic carbocycles. The molecular weight excluding hydrogens is 721 g/mol. The summed E-state index contributed by atoms with van der Waals surface area (Å²) in [6.07, 6.45) is -0.586. The summed E-state index contributed by atoms with van der Waals surface area (Å²) in [7, 11) is 0. The van der Waals surface area contributed by atoms with Crippen molar-refractivity contribution in [3.8, 4) is 11.1 Å². The number of fused-ring (bicyclic) bond motifs is 7. The van der Waals surface area contributed by atoms with E-state index in [1.54, 1.807) is 42.5 Å². The molecule has 6 aromatic rings. The van der Waals surface area contributed by atoms with Crippen LogP contribution in [0.1, 0.15) is 35.1 Å². The number of aliphatic carboxylic acids is 2. The van der Waals surface area contributed by atoms with Crippen molar-refractivity contribution in [2.24, 2.45) is 4.99 Å². The molecule has 1 aliphatic rings. The van der Waals surface area contributed by atoms with E-state index < -0.39 is 23.9 Å². The molecule has 0 radical (unpaired) electrons. The minimum atomic E-state index is -1.34. The van der Waals surface area contributed by atoms with Gasteiger partial charge in [0.05, 0.1) is 11.6 Å². The van der Waals surface area contributed by atoms with Gasteiger partial charge in [-0.05, 0) is 67.9 Å². The maximum Gasteiger partial charge on any atom is 2.00 e. The third-order valence-corrected chi connectivity index (χ3v) is 9.37. The van der Waals surface area contributed by atoms with Crippen LogP contribution in [0.2, 0.25) is 5.02 Å². The largest absolute Gasteiger partial charge is 2.00 e. The van der Waals surface area contributed by atoms with E-state index in [-0.39, 0.29) is 47.3 Å². The summed E-state index contributed by atoms with van der Waals surface area (Å²) in [5.74, 6) is -2.77. The van der Waals surface area contributed by atoms with Gasteiger partial charge in [-0.2, -0.15) is 0 Å². The zero-order chi connectivity index (χ0) is 35.5. The van der Waals surface area contributed by atoms with Gasteiger partial charge in [-0.15, -0.1) is 5.69 Å². The fourth-order valence-electron chi connectivity index (χ4n) is 6.85. The molecule has 1 aliphatic heterocycles. The van der Waals surface area contributed by atoms with Crippen LogP contribution < -0.4 is 0 Å². The molecule has 10 heteroatoms. The Bertz CT molecular complexity index is 2260. The number of nitrogens with zero attached hydrogens (tertiary/aromatic N) is 3. The standard InChI is InChI=1S/C42H34ClN3O5.Ni/c43-31-18-19-35(34(22-31)41(28-10-2-1-3-11-28)45-36(42(50)51)20-21-38(48)49)44-37(47)25-46-23-29-16-14-26-8-4-6-12-32(26)39(29)40-30(24-46)17-15-27-9-5-7-13-33(27)40;/h1-19,22,36H,20-21,23-25H2,(H3,44,45,47,48,49,50,51);/q;+2/p-1/t36-;/m0./s1. The van der Waals surface area contributed by atoms with Crippen LogP contribution in [0.5, 0.6) is 0 Å². The van der Waals surface area contributed by atoms with Crippen LogP contribution in [0.15, 0.2) is 126 Å². The Morgan fingerprint density at radius 2 is 1.33 bits per heavy atom. The first-order valence-electron chi connectivity index (χ1n) is 16.6. The second kappa shape index (κ2) is 15.9. The molecule has 52 heavy (non-hydrogen) atoms. The van der Waals surface area contributed by atoms with Gasteiger partial charge in [-0.25, -0.2) is 4.79 Å². The minimum Gasteiger partial charge on any atom is -0.625 e. The summed E-state index contributed by atoms with van der Waals surface area (Å²) < 4.78 is 0. The summed E-state index contributed by atoms with van der Waals surface area (Å²) in [6, 6.07) is 37.7. The van der Waals surface area contributed by atoms with Crippen molar-refractivity contribution in [1.29, 1.82) is 0 Å². The van der Waals surface area contributed by atoms with E-state index in [0.29, 0.717) is 29.2 Å². The summed E-state index contributed by atoms with van der Waals surface area (Å²) in [6.45, 7) is 1.08. The molecule has 0 aliphatic carbocycles. The molecule has 1 heterocycles. The monoisotopic (exact) mass is 752 g/mol. The number of carbonyl (C=O) groups is 3. The van der Waals surface area contributed by atoms with E-state index in [2.05, 4.69) is 75.9 Å². The van der Waals surface area contributed by atoms with Crippen LogP contribution >= 0.6 is 11.6 Å². The second-order valence-electron chi connectivity index (χ2n) is 12.6. The van der Waals surface area contributed by atoms with Crippen LogP contribution in [0.25, 0.3) is 38.0 Å². The van der Waals surface area contributed by atoms with E-state index >= 15 is 0 Å². The van der Waals surface area contributed by atoms with Gasteiger partial charge in [0.2, 0.25) is 0 Å². The molecule has 1 amide bonds. The van der Waals surface area contributed by atoms with Crippen molar-refractivity contribution < 1.29 is 41.1 Å². The minimum absolute atomic E-state index is 0. The Hall–Kier alpha value is -5.34. The molecule has 7 rings (SSSR count). The fourth-order valence-corrected chi connectivity index (χ4v) is 7.02. The van der Waals surface area contributed by atoms with Crippen LogP contribution in [-0.4, -0.2) is 51.3 Å². The quantitative estimate of drug-likeness (QED) is 0.106. The number of benzene rings is 6. The van der Waals surface area contributed by atoms with Crippen LogP contribution in [0.4, 0.5) is 5.69 Å². The van der Waals surface area contributed by atoms with Crippen LogP contribution in [0.3, 0.4) is 0 Å². The molecule has 0 fully saturated rings. The van der Waals surface area contributed by atoms with Gasteiger partial charge in [-0.3, -0.25) is 14.7 Å². The van der Waals surface area contributed by atoms with Gasteiger partial charge in [0, 0.05) is 36.6 Å². The third kappa shape index (κ3) is 7.77. The van der Waals surface area contributed by atoms with E-state index in [0.717, 1.165) is 32.7 Å². The molecule has 0 saturated heterocycles. The maximum atomic E-state index is 13.9. The van der Waals surface area contributed by atoms with Gasteiger partial charge >= 0.3 is 28.4 Å². The van der Waals surface area contributed by atoms with Gasteiger partial charge in [-0.1, -0.05) is 121 Å². The predicted molar refractivity (Wildman–Crippen MR) is 201 cm³/mol. The predicted octanol–water partition coefficient (Wildman–Crippen LogP) is 9.01. The molecule has 0 spiro atoms. The number of carboxylic acid groups (broad SMARTS) is 2. The third-order valence-electron chi connectivity index (χ3n) is 9.14. The van der Waals surface area contributed by atoms with Gasteiger partial charge in [0.15, 0.2) is 0 Å². The summed E-state index contributed by atoms with van der Waals surface area (Å²) in [5, 5.41) is 28.7. The zero-order valence-electron chi connectivity index (χ0n) is 27.8. The number of hydrogen-bond donors (Lipinski definition) is 2. The van der Waals surface area contributed by atoms with Crippen LogP contribution in [-0.2, 0) is 44.0 Å². The first-order valence-corrected chi connectivity index (χ1v) is 17.0. The Morgan fingerprint density at radius 1 is 0.750 bits per heavy atom. The normalized spacial score (nSPS) is 13.4. The Kier molecular flexibility index (Phi) is 11.2. The van der Waals surface area contributed by atoms with Crippen molar-refractivity contribution in [3.05, 3.63) is 154 Å². The average Bonchev–Trinajstić information content (AvgIpc) is 3.29. The van der Waals surface area contributed by atoms with Crippen molar-refractivity contribution in [3.63, 3.8) is 0 Å². The van der Waals surface area contributed by atoms with Crippen molar-refractivity contribution >= 4 is 62.4 Å². The van der Waals surface area contributed by atoms with E-state index in [9.17, 15) is 24.6 Å². The van der Waals surface area contributed by atoms with Crippen molar-refractivity contribution in [2.45, 2.75) is 32.0 Å². The summed E-state index contributed by atoms with van der Waals surface area (Å²) in [4.78, 5) is 44.0.